The van der Waals surface area contributed by atoms with Crippen molar-refractivity contribution in [2.45, 2.75) is 38.3 Å². The van der Waals surface area contributed by atoms with Crippen LogP contribution in [0.25, 0.3) is 11.3 Å². The number of amides is 1. The number of rotatable bonds is 5. The normalized spacial score (nSPS) is 14.4. The quantitative estimate of drug-likeness (QED) is 0.341. The van der Waals surface area contributed by atoms with Crippen molar-refractivity contribution < 1.29 is 60.4 Å². The number of nitrogens with zero attached hydrogens (tertiary/aromatic N) is 3. The lowest BCUT2D eigenvalue weighted by atomic mass is 9.96. The summed E-state index contributed by atoms with van der Waals surface area (Å²) in [6.07, 6.45) is -8.61. The minimum absolute atomic E-state index is 0.00251. The third-order valence-electron chi connectivity index (χ3n) is 6.87. The fourth-order valence-corrected chi connectivity index (χ4v) is 4.67. The molecule has 11 nitrogen and oxygen atoms in total. The maximum Gasteiger partial charge on any atom is 0.490 e. The van der Waals surface area contributed by atoms with Crippen LogP contribution in [0.3, 0.4) is 0 Å². The Morgan fingerprint density at radius 1 is 0.870 bits per heavy atom. The van der Waals surface area contributed by atoms with E-state index in [2.05, 4.69) is 35.2 Å². The molecule has 5 rings (SSSR count). The van der Waals surface area contributed by atoms with E-state index in [1.807, 2.05) is 29.2 Å². The number of alkyl halides is 6. The number of halogens is 6. The molecule has 0 radical (unpaired) electrons. The summed E-state index contributed by atoms with van der Waals surface area (Å²) in [5.41, 5.74) is 7.37. The lowest BCUT2D eigenvalue weighted by Gasteiger charge is -2.20. The second kappa shape index (κ2) is 15.0. The second-order valence-electron chi connectivity index (χ2n) is 10.1. The van der Waals surface area contributed by atoms with Crippen molar-refractivity contribution >= 4 is 17.8 Å². The largest absolute Gasteiger partial charge is 0.497 e. The van der Waals surface area contributed by atoms with Crippen LogP contribution in [0.2, 0.25) is 0 Å². The minimum Gasteiger partial charge on any atom is -0.497 e. The molecular formula is C29H30F6N4O7. The highest BCUT2D eigenvalue weighted by Crippen LogP contribution is 2.34. The number of fused-ring (bicyclic) bond motifs is 2. The van der Waals surface area contributed by atoms with E-state index in [-0.39, 0.29) is 12.5 Å². The van der Waals surface area contributed by atoms with Gasteiger partial charge in [0, 0.05) is 49.4 Å². The van der Waals surface area contributed by atoms with Crippen molar-refractivity contribution in [2.75, 3.05) is 33.9 Å². The molecule has 0 unspecified atom stereocenters. The van der Waals surface area contributed by atoms with Gasteiger partial charge < -0.3 is 24.6 Å². The number of hydrogen-bond donors (Lipinski definition) is 3. The number of aromatic nitrogens is 2. The van der Waals surface area contributed by atoms with E-state index < -0.39 is 24.3 Å². The minimum atomic E-state index is -5.08. The smallest absolute Gasteiger partial charge is 0.490 e. The Kier molecular flexibility index (Phi) is 11.6. The van der Waals surface area contributed by atoms with E-state index >= 15 is 0 Å². The lowest BCUT2D eigenvalue weighted by molar-refractivity contribution is -0.193. The molecule has 0 saturated heterocycles. The molecule has 2 aliphatic heterocycles. The van der Waals surface area contributed by atoms with Crippen LogP contribution in [0, 0.1) is 0 Å². The first-order chi connectivity index (χ1) is 21.5. The first kappa shape index (κ1) is 35.7. The topological polar surface area (TPSA) is 145 Å². The van der Waals surface area contributed by atoms with Crippen LogP contribution >= 0.6 is 0 Å². The summed E-state index contributed by atoms with van der Waals surface area (Å²) in [6.45, 7) is 3.28. The van der Waals surface area contributed by atoms with Crippen molar-refractivity contribution in [1.82, 2.24) is 20.0 Å². The second-order valence-corrected chi connectivity index (χ2v) is 10.1. The average Bonchev–Trinajstić information content (AvgIpc) is 3.51. The molecule has 0 spiro atoms. The average molecular weight is 661 g/mol. The lowest BCUT2D eigenvalue weighted by Crippen LogP contribution is -2.36. The van der Waals surface area contributed by atoms with Gasteiger partial charge in [0.2, 0.25) is 0 Å². The third-order valence-corrected chi connectivity index (χ3v) is 6.87. The van der Waals surface area contributed by atoms with Crippen LogP contribution < -0.4 is 9.47 Å². The number of benzene rings is 2. The highest BCUT2D eigenvalue weighted by molar-refractivity contribution is 5.78. The van der Waals surface area contributed by atoms with Gasteiger partial charge in [0.05, 0.1) is 12.8 Å². The number of hydrogen-bond acceptors (Lipinski definition) is 7. The molecule has 0 atom stereocenters. The number of ether oxygens (including phenoxy) is 2. The summed E-state index contributed by atoms with van der Waals surface area (Å²) in [5.74, 6) is -4.09. The molecule has 3 N–H and O–H groups in total. The molecule has 1 aromatic heterocycles. The molecular weight excluding hydrogens is 630 g/mol. The van der Waals surface area contributed by atoms with Gasteiger partial charge in [-0.1, -0.05) is 18.2 Å². The van der Waals surface area contributed by atoms with Crippen molar-refractivity contribution in [1.29, 1.82) is 0 Å². The summed E-state index contributed by atoms with van der Waals surface area (Å²) in [4.78, 5) is 34.8. The van der Waals surface area contributed by atoms with Crippen molar-refractivity contribution in [3.63, 3.8) is 0 Å². The zero-order chi connectivity index (χ0) is 34.2. The van der Waals surface area contributed by atoms with Gasteiger partial charge in [-0.05, 0) is 48.9 Å². The number of nitrogens with one attached hydrogen (secondary N) is 1. The van der Waals surface area contributed by atoms with Crippen LogP contribution in [0.5, 0.6) is 11.5 Å². The molecule has 0 fully saturated rings. The van der Waals surface area contributed by atoms with Gasteiger partial charge in [0.15, 0.2) is 6.61 Å². The molecule has 2 aliphatic rings. The van der Waals surface area contributed by atoms with Crippen molar-refractivity contribution in [3.05, 3.63) is 64.8 Å². The summed E-state index contributed by atoms with van der Waals surface area (Å²) in [6, 6.07) is 13.8. The van der Waals surface area contributed by atoms with Crippen LogP contribution in [-0.4, -0.2) is 94.3 Å². The highest BCUT2D eigenvalue weighted by Gasteiger charge is 2.39. The fourth-order valence-electron chi connectivity index (χ4n) is 4.67. The Balaban J connectivity index is 0.000000345. The Bertz CT molecular complexity index is 1500. The van der Waals surface area contributed by atoms with Crippen LogP contribution in [0.15, 0.2) is 42.5 Å². The van der Waals surface area contributed by atoms with Crippen LogP contribution in [0.4, 0.5) is 26.3 Å². The Labute approximate surface area is 258 Å². The first-order valence-electron chi connectivity index (χ1n) is 13.5. The SMILES string of the molecule is COc1ccc(OCC(=O)N2CCc3[nH]nc(-c4cccc5c4CN(C)C5)c3CC2)cc1.O=C(O)C(F)(F)F.O=C(O)C(F)(F)F. The summed E-state index contributed by atoms with van der Waals surface area (Å²) in [5, 5.41) is 22.2. The van der Waals surface area contributed by atoms with E-state index in [1.165, 1.54) is 22.3 Å². The molecule has 2 aromatic carbocycles. The van der Waals surface area contributed by atoms with Gasteiger partial charge in [0.1, 0.15) is 11.5 Å². The van der Waals surface area contributed by atoms with Gasteiger partial charge in [0.25, 0.3) is 5.91 Å². The molecule has 0 saturated carbocycles. The molecule has 0 bridgehead atoms. The van der Waals surface area contributed by atoms with E-state index in [4.69, 9.17) is 34.4 Å². The maximum absolute atomic E-state index is 12.8. The summed E-state index contributed by atoms with van der Waals surface area (Å²) < 4.78 is 74.3. The molecule has 3 heterocycles. The molecule has 46 heavy (non-hydrogen) atoms. The number of carbonyl (C=O) groups excluding carboxylic acids is 1. The number of methoxy groups -OCH3 is 1. The van der Waals surface area contributed by atoms with E-state index in [0.717, 1.165) is 43.1 Å². The molecule has 17 heteroatoms. The van der Waals surface area contributed by atoms with E-state index in [9.17, 15) is 31.1 Å². The first-order valence-corrected chi connectivity index (χ1v) is 13.5. The maximum atomic E-state index is 12.8. The van der Waals surface area contributed by atoms with Crippen molar-refractivity contribution in [3.8, 4) is 22.8 Å². The monoisotopic (exact) mass is 660 g/mol. The zero-order valence-electron chi connectivity index (χ0n) is 24.5. The van der Waals surface area contributed by atoms with Gasteiger partial charge in [-0.25, -0.2) is 9.59 Å². The molecule has 250 valence electrons. The summed E-state index contributed by atoms with van der Waals surface area (Å²) in [7, 11) is 3.77. The summed E-state index contributed by atoms with van der Waals surface area (Å²) >= 11 is 0. The predicted octanol–water partition coefficient (Wildman–Crippen LogP) is 4.30. The number of H-pyrrole nitrogens is 1. The third kappa shape index (κ3) is 9.60. The van der Waals surface area contributed by atoms with Gasteiger partial charge in [-0.3, -0.25) is 14.8 Å². The standard InChI is InChI=1S/C25H28N4O3.2C2HF3O2/c1-28-14-17-4-3-5-20(22(17)15-28)25-21-10-12-29(13-11-23(21)26-27-25)24(30)16-32-19-8-6-18(31-2)7-9-19;2*3-2(4,5)1(6)7/h3-9H,10-16H2,1-2H3,(H,26,27);2*(H,6,7). The Morgan fingerprint density at radius 2 is 1.43 bits per heavy atom. The predicted molar refractivity (Wildman–Crippen MR) is 149 cm³/mol. The number of aromatic amines is 1. The van der Waals surface area contributed by atoms with Gasteiger partial charge >= 0.3 is 24.3 Å². The van der Waals surface area contributed by atoms with Gasteiger partial charge in [-0.15, -0.1) is 0 Å². The number of aliphatic carboxylic acids is 2. The number of carboxylic acids is 2. The zero-order valence-corrected chi connectivity index (χ0v) is 24.5. The van der Waals surface area contributed by atoms with E-state index in [1.54, 1.807) is 7.11 Å². The van der Waals surface area contributed by atoms with Crippen LogP contribution in [0.1, 0.15) is 22.4 Å². The van der Waals surface area contributed by atoms with Gasteiger partial charge in [-0.2, -0.15) is 31.4 Å². The van der Waals surface area contributed by atoms with E-state index in [0.29, 0.717) is 18.8 Å². The molecule has 0 aliphatic carbocycles. The Hall–Kier alpha value is -4.80. The fraction of sp³-hybridized carbons (Fsp3) is 0.379. The highest BCUT2D eigenvalue weighted by atomic mass is 19.4. The number of carboxylic acid groups (broad SMARTS) is 2. The van der Waals surface area contributed by atoms with Crippen molar-refractivity contribution in [2.24, 2.45) is 0 Å². The number of carbonyl (C=O) groups is 3. The Morgan fingerprint density at radius 3 is 2.00 bits per heavy atom. The van der Waals surface area contributed by atoms with Crippen LogP contribution in [-0.2, 0) is 40.3 Å². The molecule has 1 amide bonds. The molecule has 3 aromatic rings.